The van der Waals surface area contributed by atoms with Gasteiger partial charge in [0.15, 0.2) is 0 Å². The Morgan fingerprint density at radius 1 is 1.11 bits per heavy atom. The molecule has 0 aliphatic heterocycles. The van der Waals surface area contributed by atoms with Gasteiger partial charge in [-0.1, -0.05) is 20.8 Å². The van der Waals surface area contributed by atoms with Crippen LogP contribution in [0.2, 0.25) is 0 Å². The lowest BCUT2D eigenvalue weighted by Crippen LogP contribution is -2.57. The lowest BCUT2D eigenvalue weighted by atomic mass is 9.44. The molecule has 2 unspecified atom stereocenters. The van der Waals surface area contributed by atoms with Gasteiger partial charge in [-0.3, -0.25) is 9.59 Å². The number of hydrogen-bond acceptors (Lipinski definition) is 3. The molecule has 4 saturated carbocycles. The van der Waals surface area contributed by atoms with E-state index in [0.717, 1.165) is 44.9 Å². The smallest absolute Gasteiger partial charge is 0.303 e. The van der Waals surface area contributed by atoms with Crippen LogP contribution in [0.25, 0.3) is 0 Å². The maximum absolute atomic E-state index is 13.3. The average molecular weight is 391 g/mol. The van der Waals surface area contributed by atoms with Gasteiger partial charge in [0.1, 0.15) is 5.78 Å². The summed E-state index contributed by atoms with van der Waals surface area (Å²) in [5.74, 6) is 2.25. The van der Waals surface area contributed by atoms with Crippen molar-refractivity contribution in [2.75, 3.05) is 0 Å². The van der Waals surface area contributed by atoms with Gasteiger partial charge < -0.3 is 10.2 Å². The highest BCUT2D eigenvalue weighted by Crippen LogP contribution is 2.67. The summed E-state index contributed by atoms with van der Waals surface area (Å²) in [4.78, 5) is 24.4. The zero-order chi connectivity index (χ0) is 20.3. The number of hydrogen-bond donors (Lipinski definition) is 2. The summed E-state index contributed by atoms with van der Waals surface area (Å²) >= 11 is 0. The van der Waals surface area contributed by atoms with Gasteiger partial charge in [0.05, 0.1) is 6.10 Å². The number of carbonyl (C=O) groups excluding carboxylic acids is 1. The van der Waals surface area contributed by atoms with Crippen LogP contribution in [0.1, 0.15) is 85.0 Å². The molecule has 4 nitrogen and oxygen atoms in total. The molecule has 0 amide bonds. The van der Waals surface area contributed by atoms with Gasteiger partial charge in [-0.15, -0.1) is 0 Å². The standard InChI is InChI=1S/C24H38O4/c1-14(4-7-21(27)28)17-5-6-18-22-19(9-11-24(17,18)3)23(2)10-8-16(25)12-15(23)13-20(22)26/h14-19,22,25H,4-13H2,1-3H3,(H,27,28)/t14-,15+,16-,17-,18?,19?,22+,23+,24-/m1/s1. The number of rotatable bonds is 4. The van der Waals surface area contributed by atoms with Crippen molar-refractivity contribution in [1.82, 2.24) is 0 Å². The molecule has 4 aliphatic rings. The molecule has 4 fully saturated rings. The van der Waals surface area contributed by atoms with Crippen LogP contribution in [-0.4, -0.2) is 28.1 Å². The number of carboxylic acids is 1. The topological polar surface area (TPSA) is 74.6 Å². The molecule has 0 bridgehead atoms. The number of fused-ring (bicyclic) bond motifs is 5. The van der Waals surface area contributed by atoms with Crippen LogP contribution < -0.4 is 0 Å². The Kier molecular flexibility index (Phi) is 5.17. The molecule has 4 heteroatoms. The van der Waals surface area contributed by atoms with E-state index in [2.05, 4.69) is 20.8 Å². The van der Waals surface area contributed by atoms with E-state index in [1.54, 1.807) is 0 Å². The van der Waals surface area contributed by atoms with E-state index in [1.165, 1.54) is 6.42 Å². The van der Waals surface area contributed by atoms with E-state index in [9.17, 15) is 14.7 Å². The summed E-state index contributed by atoms with van der Waals surface area (Å²) in [6.07, 6.45) is 8.81. The highest BCUT2D eigenvalue weighted by molar-refractivity contribution is 5.83. The van der Waals surface area contributed by atoms with E-state index in [1.807, 2.05) is 0 Å². The second kappa shape index (κ2) is 7.11. The minimum absolute atomic E-state index is 0.187. The quantitative estimate of drug-likeness (QED) is 0.730. The van der Waals surface area contributed by atoms with Crippen LogP contribution in [0.4, 0.5) is 0 Å². The SMILES string of the molecule is C[C@H](CCC(=O)O)[C@H]1CCC2[C@@H]3C(=O)C[C@@H]4C[C@H](O)CC[C@]4(C)C3CC[C@@]21C. The van der Waals surface area contributed by atoms with Gasteiger partial charge in [0, 0.05) is 18.8 Å². The highest BCUT2D eigenvalue weighted by Gasteiger charge is 2.62. The van der Waals surface area contributed by atoms with E-state index in [-0.39, 0.29) is 29.3 Å². The first-order valence-electron chi connectivity index (χ1n) is 11.6. The van der Waals surface area contributed by atoms with Crippen LogP contribution >= 0.6 is 0 Å². The monoisotopic (exact) mass is 390 g/mol. The fraction of sp³-hybridized carbons (Fsp3) is 0.917. The average Bonchev–Trinajstić information content (AvgIpc) is 2.98. The zero-order valence-corrected chi connectivity index (χ0v) is 17.8. The summed E-state index contributed by atoms with van der Waals surface area (Å²) in [6.45, 7) is 7.06. The van der Waals surface area contributed by atoms with Crippen LogP contribution in [0.5, 0.6) is 0 Å². The Balaban J connectivity index is 1.56. The fourth-order valence-corrected chi connectivity index (χ4v) is 8.44. The van der Waals surface area contributed by atoms with Gasteiger partial charge in [0.25, 0.3) is 0 Å². The molecule has 0 aromatic carbocycles. The third kappa shape index (κ3) is 3.05. The highest BCUT2D eigenvalue weighted by atomic mass is 16.4. The third-order valence-corrected chi connectivity index (χ3v) is 10.0. The number of aliphatic hydroxyl groups excluding tert-OH is 1. The first kappa shape index (κ1) is 20.4. The summed E-state index contributed by atoms with van der Waals surface area (Å²) in [7, 11) is 0. The Labute approximate surface area is 169 Å². The first-order valence-corrected chi connectivity index (χ1v) is 11.6. The molecule has 0 heterocycles. The number of ketones is 1. The Morgan fingerprint density at radius 2 is 1.79 bits per heavy atom. The summed E-state index contributed by atoms with van der Waals surface area (Å²) in [5, 5.41) is 19.3. The normalized spacial score (nSPS) is 49.1. The number of Topliss-reactive ketones (excluding diaryl/α,β-unsaturated/α-hetero) is 1. The van der Waals surface area contributed by atoms with Crippen LogP contribution in [0, 0.1) is 46.3 Å². The van der Waals surface area contributed by atoms with Crippen molar-refractivity contribution in [2.24, 2.45) is 46.3 Å². The Bertz CT molecular complexity index is 645. The zero-order valence-electron chi connectivity index (χ0n) is 17.8. The predicted molar refractivity (Wildman–Crippen MR) is 108 cm³/mol. The van der Waals surface area contributed by atoms with Crippen molar-refractivity contribution in [3.05, 3.63) is 0 Å². The van der Waals surface area contributed by atoms with E-state index in [4.69, 9.17) is 5.11 Å². The molecule has 0 radical (unpaired) electrons. The minimum atomic E-state index is -0.698. The molecule has 0 aromatic heterocycles. The fourth-order valence-electron chi connectivity index (χ4n) is 8.44. The lowest BCUT2D eigenvalue weighted by Gasteiger charge is -2.60. The number of carboxylic acid groups (broad SMARTS) is 1. The van der Waals surface area contributed by atoms with Crippen molar-refractivity contribution in [3.8, 4) is 0 Å². The second-order valence-corrected chi connectivity index (χ2v) is 11.2. The molecule has 158 valence electrons. The van der Waals surface area contributed by atoms with Crippen molar-refractivity contribution in [3.63, 3.8) is 0 Å². The molecule has 0 aromatic rings. The van der Waals surface area contributed by atoms with Gasteiger partial charge in [0.2, 0.25) is 0 Å². The van der Waals surface area contributed by atoms with Crippen molar-refractivity contribution in [1.29, 1.82) is 0 Å². The second-order valence-electron chi connectivity index (χ2n) is 11.2. The molecule has 0 saturated heterocycles. The molecule has 28 heavy (non-hydrogen) atoms. The van der Waals surface area contributed by atoms with Crippen molar-refractivity contribution < 1.29 is 19.8 Å². The maximum atomic E-state index is 13.3. The van der Waals surface area contributed by atoms with E-state index >= 15 is 0 Å². The third-order valence-electron chi connectivity index (χ3n) is 10.0. The van der Waals surface area contributed by atoms with Crippen LogP contribution in [0.15, 0.2) is 0 Å². The molecule has 4 aliphatic carbocycles. The number of aliphatic carboxylic acids is 1. The Morgan fingerprint density at radius 3 is 2.50 bits per heavy atom. The lowest BCUT2D eigenvalue weighted by molar-refractivity contribution is -0.160. The molecule has 0 spiro atoms. The van der Waals surface area contributed by atoms with Crippen LogP contribution in [-0.2, 0) is 9.59 Å². The van der Waals surface area contributed by atoms with E-state index in [0.29, 0.717) is 41.8 Å². The molecule has 4 rings (SSSR count). The minimum Gasteiger partial charge on any atom is -0.481 e. The van der Waals surface area contributed by atoms with Gasteiger partial charge in [-0.25, -0.2) is 0 Å². The Hall–Kier alpha value is -0.900. The van der Waals surface area contributed by atoms with Crippen LogP contribution in [0.3, 0.4) is 0 Å². The first-order chi connectivity index (χ1) is 13.2. The maximum Gasteiger partial charge on any atom is 0.303 e. The number of carbonyl (C=O) groups is 2. The molecule has 9 atom stereocenters. The van der Waals surface area contributed by atoms with Gasteiger partial charge in [-0.2, -0.15) is 0 Å². The van der Waals surface area contributed by atoms with Crippen molar-refractivity contribution >= 4 is 11.8 Å². The van der Waals surface area contributed by atoms with E-state index < -0.39 is 5.97 Å². The largest absolute Gasteiger partial charge is 0.481 e. The van der Waals surface area contributed by atoms with Crippen molar-refractivity contribution in [2.45, 2.75) is 91.1 Å². The van der Waals surface area contributed by atoms with Gasteiger partial charge in [-0.05, 0) is 91.8 Å². The molecular weight excluding hydrogens is 352 g/mol. The number of aliphatic hydroxyl groups is 1. The molecular formula is C24H38O4. The summed E-state index contributed by atoms with van der Waals surface area (Å²) in [5.41, 5.74) is 0.401. The molecule has 2 N–H and O–H groups in total. The predicted octanol–water partition coefficient (Wildman–Crippen LogP) is 4.69. The van der Waals surface area contributed by atoms with Gasteiger partial charge >= 0.3 is 5.97 Å². The summed E-state index contributed by atoms with van der Waals surface area (Å²) in [6, 6.07) is 0. The summed E-state index contributed by atoms with van der Waals surface area (Å²) < 4.78 is 0.